The number of aliphatic hydroxyl groups is 1. The molecular weight excluding hydrogens is 351 g/mol. The van der Waals surface area contributed by atoms with E-state index in [1.165, 1.54) is 16.5 Å². The predicted octanol–water partition coefficient (Wildman–Crippen LogP) is 5.26. The fourth-order valence-corrected chi connectivity index (χ4v) is 2.08. The van der Waals surface area contributed by atoms with Crippen LogP contribution in [0.1, 0.15) is 25.8 Å². The van der Waals surface area contributed by atoms with Crippen LogP contribution in [0.5, 0.6) is 0 Å². The third-order valence-electron chi connectivity index (χ3n) is 3.42. The molecule has 0 bridgehead atoms. The number of aliphatic hydroxyl groups excluding tert-OH is 1. The third-order valence-corrected chi connectivity index (χ3v) is 3.42. The summed E-state index contributed by atoms with van der Waals surface area (Å²) in [7, 11) is 0. The molecule has 4 heteroatoms. The van der Waals surface area contributed by atoms with Gasteiger partial charge in [-0.2, -0.15) is 6.08 Å². The van der Waals surface area contributed by atoms with Crippen LogP contribution >= 0.6 is 24.8 Å². The van der Waals surface area contributed by atoms with Crippen molar-refractivity contribution in [2.24, 2.45) is 0 Å². The minimum atomic E-state index is 0. The molecule has 1 N–H and O–H groups in total. The van der Waals surface area contributed by atoms with Crippen molar-refractivity contribution >= 4 is 35.6 Å². The predicted molar refractivity (Wildman–Crippen MR) is 95.2 cm³/mol. The van der Waals surface area contributed by atoms with Gasteiger partial charge in [-0.1, -0.05) is 49.4 Å². The Kier molecular flexibility index (Phi) is 12.9. The molecule has 22 heavy (non-hydrogen) atoms. The van der Waals surface area contributed by atoms with Crippen molar-refractivity contribution in [3.05, 3.63) is 71.3 Å². The number of hydrogen-bond acceptors (Lipinski definition) is 1. The Labute approximate surface area is 160 Å². The van der Waals surface area contributed by atoms with Crippen LogP contribution in [0.15, 0.2) is 59.7 Å². The molecule has 0 unspecified atom stereocenters. The van der Waals surface area contributed by atoms with Gasteiger partial charge >= 0.3 is 0 Å². The molecule has 0 aliphatic heterocycles. The Morgan fingerprint density at radius 3 is 2.14 bits per heavy atom. The molecule has 1 aliphatic carbocycles. The van der Waals surface area contributed by atoms with Gasteiger partial charge in [0.05, 0.1) is 6.61 Å². The van der Waals surface area contributed by atoms with E-state index >= 15 is 0 Å². The van der Waals surface area contributed by atoms with E-state index in [0.717, 1.165) is 17.4 Å². The first kappa shape index (κ1) is 23.7. The van der Waals surface area contributed by atoms with Crippen molar-refractivity contribution in [2.75, 3.05) is 0 Å². The van der Waals surface area contributed by atoms with Crippen molar-refractivity contribution in [1.29, 1.82) is 0 Å². The van der Waals surface area contributed by atoms with E-state index in [4.69, 9.17) is 5.11 Å². The Balaban J connectivity index is 0. The van der Waals surface area contributed by atoms with Crippen LogP contribution in [-0.2, 0) is 28.3 Å². The zero-order chi connectivity index (χ0) is 13.7. The fourth-order valence-electron chi connectivity index (χ4n) is 2.08. The summed E-state index contributed by atoms with van der Waals surface area (Å²) in [6.07, 6.45) is 6.41. The number of fused-ring (bicyclic) bond motifs is 1. The second kappa shape index (κ2) is 11.9. The third kappa shape index (κ3) is 6.28. The van der Waals surface area contributed by atoms with Crippen molar-refractivity contribution in [2.45, 2.75) is 26.9 Å². The number of rotatable bonds is 1. The number of allylic oxidation sites excluding steroid dienone is 4. The van der Waals surface area contributed by atoms with Gasteiger partial charge in [0.2, 0.25) is 0 Å². The second-order valence-electron chi connectivity index (χ2n) is 4.69. The zero-order valence-corrected chi connectivity index (χ0v) is 16.0. The van der Waals surface area contributed by atoms with E-state index in [1.807, 2.05) is 30.3 Å². The van der Waals surface area contributed by atoms with Gasteiger partial charge in [-0.15, -0.1) is 38.2 Å². The average Bonchev–Trinajstić information content (AvgIpc) is 2.83. The van der Waals surface area contributed by atoms with Crippen LogP contribution in [-0.4, -0.2) is 5.11 Å². The van der Waals surface area contributed by atoms with E-state index < -0.39 is 0 Å². The van der Waals surface area contributed by atoms with Gasteiger partial charge in [-0.3, -0.25) is 6.08 Å². The molecule has 118 valence electrons. The molecule has 0 radical (unpaired) electrons. The number of halogens is 2. The Morgan fingerprint density at radius 1 is 1.00 bits per heavy atom. The molecular formula is C18H21Cl2OTi-. The average molecular weight is 372 g/mol. The van der Waals surface area contributed by atoms with Gasteiger partial charge in [0, 0.05) is 21.7 Å². The molecule has 2 aromatic rings. The van der Waals surface area contributed by atoms with E-state index in [9.17, 15) is 0 Å². The van der Waals surface area contributed by atoms with Gasteiger partial charge in [-0.25, -0.2) is 11.1 Å². The minimum absolute atomic E-state index is 0. The fraction of sp³-hybridized carbons (Fsp3) is 0.222. The molecule has 0 heterocycles. The zero-order valence-electron chi connectivity index (χ0n) is 12.8. The normalized spacial score (nSPS) is 11.8. The van der Waals surface area contributed by atoms with Gasteiger partial charge in [0.15, 0.2) is 0 Å². The molecule has 0 spiro atoms. The van der Waals surface area contributed by atoms with E-state index in [0.29, 0.717) is 0 Å². The SMILES string of the molecule is CC1=[C-]CC=C1C.Cl.Cl.OCc1cccc2ccccc12.[Ti]. The second-order valence-corrected chi connectivity index (χ2v) is 4.69. The van der Waals surface area contributed by atoms with Crippen LogP contribution in [0.3, 0.4) is 0 Å². The van der Waals surface area contributed by atoms with Crippen LogP contribution in [0.25, 0.3) is 10.8 Å². The van der Waals surface area contributed by atoms with Gasteiger partial charge in [0.25, 0.3) is 0 Å². The van der Waals surface area contributed by atoms with Gasteiger partial charge < -0.3 is 5.11 Å². The van der Waals surface area contributed by atoms with Crippen LogP contribution < -0.4 is 0 Å². The standard InChI is InChI=1S/C11H10O.C7H9.2ClH.Ti/c12-8-10-6-3-5-9-4-1-2-7-11(9)10;1-6-4-3-5-7(6)2;;;/h1-7,12H,8H2;4H,3H2,1-2H3;2*1H;/q;-1;;;. The smallest absolute Gasteiger partial charge is 0.0687 e. The minimum Gasteiger partial charge on any atom is -0.392 e. The van der Waals surface area contributed by atoms with Crippen molar-refractivity contribution < 1.29 is 26.8 Å². The Bertz CT molecular complexity index is 615. The molecule has 0 fully saturated rings. The Hall–Kier alpha value is -0.566. The molecule has 2 aromatic carbocycles. The summed E-state index contributed by atoms with van der Waals surface area (Å²) in [6, 6.07) is 14.0. The summed E-state index contributed by atoms with van der Waals surface area (Å²) in [6.45, 7) is 4.33. The monoisotopic (exact) mass is 371 g/mol. The first-order valence-electron chi connectivity index (χ1n) is 6.54. The van der Waals surface area contributed by atoms with E-state index in [-0.39, 0.29) is 53.1 Å². The molecule has 3 rings (SSSR count). The molecule has 0 atom stereocenters. The maximum absolute atomic E-state index is 9.04. The largest absolute Gasteiger partial charge is 0.392 e. The van der Waals surface area contributed by atoms with Crippen molar-refractivity contribution in [3.8, 4) is 0 Å². The van der Waals surface area contributed by atoms with E-state index in [1.54, 1.807) is 0 Å². The van der Waals surface area contributed by atoms with Crippen LogP contribution in [0, 0.1) is 6.08 Å². The van der Waals surface area contributed by atoms with E-state index in [2.05, 4.69) is 38.1 Å². The summed E-state index contributed by atoms with van der Waals surface area (Å²) >= 11 is 0. The summed E-state index contributed by atoms with van der Waals surface area (Å²) in [4.78, 5) is 0. The maximum Gasteiger partial charge on any atom is 0.0687 e. The first-order chi connectivity index (χ1) is 9.22. The van der Waals surface area contributed by atoms with Crippen molar-refractivity contribution in [3.63, 3.8) is 0 Å². The van der Waals surface area contributed by atoms with Crippen molar-refractivity contribution in [1.82, 2.24) is 0 Å². The number of hydrogen-bond donors (Lipinski definition) is 1. The molecule has 0 amide bonds. The Morgan fingerprint density at radius 2 is 1.64 bits per heavy atom. The summed E-state index contributed by atoms with van der Waals surface area (Å²) in [5.74, 6) is 0. The topological polar surface area (TPSA) is 20.2 Å². The number of benzene rings is 2. The maximum atomic E-state index is 9.04. The first-order valence-corrected chi connectivity index (χ1v) is 6.54. The molecule has 0 aromatic heterocycles. The molecule has 1 nitrogen and oxygen atoms in total. The molecule has 1 aliphatic rings. The van der Waals surface area contributed by atoms with Crippen LogP contribution in [0.2, 0.25) is 0 Å². The van der Waals surface area contributed by atoms with Crippen LogP contribution in [0.4, 0.5) is 0 Å². The summed E-state index contributed by atoms with van der Waals surface area (Å²) in [5, 5.41) is 11.4. The van der Waals surface area contributed by atoms with Gasteiger partial charge in [-0.05, 0) is 16.3 Å². The van der Waals surface area contributed by atoms with Gasteiger partial charge in [0.1, 0.15) is 0 Å². The molecule has 0 saturated heterocycles. The summed E-state index contributed by atoms with van der Waals surface area (Å²) < 4.78 is 0. The quantitative estimate of drug-likeness (QED) is 0.535. The molecule has 0 saturated carbocycles. The summed E-state index contributed by atoms with van der Waals surface area (Å²) in [5.41, 5.74) is 3.70.